The molecule has 2 aromatic rings. The first-order chi connectivity index (χ1) is 12.2. The highest BCUT2D eigenvalue weighted by Crippen LogP contribution is 2.29. The van der Waals surface area contributed by atoms with E-state index in [0.29, 0.717) is 24.8 Å². The molecule has 0 fully saturated rings. The third kappa shape index (κ3) is 3.80. The van der Waals surface area contributed by atoms with Gasteiger partial charge in [0, 0.05) is 13.0 Å². The first-order valence-corrected chi connectivity index (χ1v) is 9.93. The molecule has 6 nitrogen and oxygen atoms in total. The van der Waals surface area contributed by atoms with Gasteiger partial charge in [-0.05, 0) is 48.1 Å². The number of nitrogens with one attached hydrogen (secondary N) is 1. The van der Waals surface area contributed by atoms with E-state index < -0.39 is 21.5 Å². The van der Waals surface area contributed by atoms with E-state index in [1.54, 1.807) is 19.1 Å². The molecule has 26 heavy (non-hydrogen) atoms. The van der Waals surface area contributed by atoms with Crippen LogP contribution in [0, 0.1) is 6.92 Å². The Bertz CT molecular complexity index is 956. The molecule has 0 aromatic heterocycles. The lowest BCUT2D eigenvalue weighted by atomic mass is 9.80. The highest BCUT2D eigenvalue weighted by atomic mass is 32.2. The number of hydrogen-bond acceptors (Lipinski definition) is 4. The summed E-state index contributed by atoms with van der Waals surface area (Å²) in [7, 11) is -3.76. The molecule has 2 aromatic carbocycles. The van der Waals surface area contributed by atoms with Crippen molar-refractivity contribution in [2.24, 2.45) is 5.14 Å². The molecule has 1 aliphatic rings. The van der Waals surface area contributed by atoms with Crippen molar-refractivity contribution in [2.45, 2.75) is 43.2 Å². The molecule has 0 aliphatic heterocycles. The molecular weight excluding hydrogens is 352 g/mol. The summed E-state index contributed by atoms with van der Waals surface area (Å²) in [6, 6.07) is 12.5. The zero-order chi connectivity index (χ0) is 18.9. The molecular formula is C19H22N2O4S. The van der Waals surface area contributed by atoms with Gasteiger partial charge < -0.3 is 10.4 Å². The average Bonchev–Trinajstić information content (AvgIpc) is 2.58. The maximum absolute atomic E-state index is 12.5. The minimum atomic E-state index is -3.76. The normalized spacial score (nSPS) is 19.7. The second-order valence-electron chi connectivity index (χ2n) is 6.80. The van der Waals surface area contributed by atoms with Gasteiger partial charge in [-0.25, -0.2) is 13.6 Å². The Morgan fingerprint density at radius 3 is 2.58 bits per heavy atom. The molecule has 1 unspecified atom stereocenters. The van der Waals surface area contributed by atoms with Crippen molar-refractivity contribution in [3.05, 3.63) is 64.7 Å². The van der Waals surface area contributed by atoms with Crippen LogP contribution in [0.2, 0.25) is 0 Å². The van der Waals surface area contributed by atoms with Crippen LogP contribution >= 0.6 is 0 Å². The third-order valence-corrected chi connectivity index (χ3v) is 5.90. The topological polar surface area (TPSA) is 109 Å². The number of aliphatic hydroxyl groups is 1. The quantitative estimate of drug-likeness (QED) is 0.746. The van der Waals surface area contributed by atoms with Crippen LogP contribution in [0.3, 0.4) is 0 Å². The van der Waals surface area contributed by atoms with Crippen molar-refractivity contribution in [3.63, 3.8) is 0 Å². The van der Waals surface area contributed by atoms with E-state index in [-0.39, 0.29) is 11.4 Å². The Morgan fingerprint density at radius 2 is 1.92 bits per heavy atom. The van der Waals surface area contributed by atoms with E-state index in [9.17, 15) is 18.3 Å². The summed E-state index contributed by atoms with van der Waals surface area (Å²) in [5.41, 5.74) is 1.99. The van der Waals surface area contributed by atoms with Crippen LogP contribution in [0.25, 0.3) is 0 Å². The van der Waals surface area contributed by atoms with E-state index in [2.05, 4.69) is 5.32 Å². The number of sulfonamides is 1. The van der Waals surface area contributed by atoms with Gasteiger partial charge in [0.1, 0.15) is 5.60 Å². The first kappa shape index (κ1) is 18.6. The lowest BCUT2D eigenvalue weighted by Crippen LogP contribution is -2.50. The number of amides is 1. The van der Waals surface area contributed by atoms with Crippen LogP contribution in [0.5, 0.6) is 0 Å². The maximum atomic E-state index is 12.5. The second kappa shape index (κ2) is 6.83. The fourth-order valence-corrected chi connectivity index (χ4v) is 4.17. The summed E-state index contributed by atoms with van der Waals surface area (Å²) in [5, 5.41) is 18.7. The van der Waals surface area contributed by atoms with Gasteiger partial charge in [-0.2, -0.15) is 0 Å². The largest absolute Gasteiger partial charge is 0.380 e. The van der Waals surface area contributed by atoms with Crippen LogP contribution < -0.4 is 10.5 Å². The van der Waals surface area contributed by atoms with Crippen molar-refractivity contribution < 1.29 is 18.3 Å². The van der Waals surface area contributed by atoms with Gasteiger partial charge in [0.25, 0.3) is 5.91 Å². The lowest BCUT2D eigenvalue weighted by Gasteiger charge is -2.32. The third-order valence-electron chi connectivity index (χ3n) is 4.83. The van der Waals surface area contributed by atoms with E-state index in [0.717, 1.165) is 11.1 Å². The van der Waals surface area contributed by atoms with Gasteiger partial charge in [0.05, 0.1) is 4.90 Å². The van der Waals surface area contributed by atoms with E-state index in [1.807, 2.05) is 24.3 Å². The average molecular weight is 374 g/mol. The Hall–Kier alpha value is -2.22. The first-order valence-electron chi connectivity index (χ1n) is 8.39. The Balaban J connectivity index is 1.69. The SMILES string of the molecule is Cc1cc(CNC(=O)C2(O)CCc3ccccc3C2)ccc1S(N)(=O)=O. The number of rotatable bonds is 4. The van der Waals surface area contributed by atoms with Crippen molar-refractivity contribution in [2.75, 3.05) is 0 Å². The molecule has 0 saturated heterocycles. The summed E-state index contributed by atoms with van der Waals surface area (Å²) in [6.45, 7) is 1.85. The van der Waals surface area contributed by atoms with Gasteiger partial charge in [0.2, 0.25) is 10.0 Å². The van der Waals surface area contributed by atoms with Crippen LogP contribution in [-0.4, -0.2) is 25.0 Å². The van der Waals surface area contributed by atoms with Crippen LogP contribution in [0.15, 0.2) is 47.4 Å². The molecule has 1 aliphatic carbocycles. The van der Waals surface area contributed by atoms with Gasteiger partial charge in [0.15, 0.2) is 0 Å². The minimum absolute atomic E-state index is 0.0649. The summed E-state index contributed by atoms with van der Waals surface area (Å²) < 4.78 is 22.9. The molecule has 0 saturated carbocycles. The number of aryl methyl sites for hydroxylation is 2. The predicted octanol–water partition coefficient (Wildman–Crippen LogP) is 1.18. The van der Waals surface area contributed by atoms with Crippen LogP contribution in [-0.2, 0) is 34.2 Å². The van der Waals surface area contributed by atoms with Gasteiger partial charge in [-0.3, -0.25) is 4.79 Å². The fourth-order valence-electron chi connectivity index (χ4n) is 3.40. The predicted molar refractivity (Wildman–Crippen MR) is 97.8 cm³/mol. The second-order valence-corrected chi connectivity index (χ2v) is 8.33. The van der Waals surface area contributed by atoms with Crippen LogP contribution in [0.4, 0.5) is 0 Å². The van der Waals surface area contributed by atoms with Crippen molar-refractivity contribution in [1.82, 2.24) is 5.32 Å². The number of nitrogens with two attached hydrogens (primary N) is 1. The summed E-state index contributed by atoms with van der Waals surface area (Å²) in [5.74, 6) is -0.417. The monoisotopic (exact) mass is 374 g/mol. The molecule has 4 N–H and O–H groups in total. The van der Waals surface area contributed by atoms with Gasteiger partial charge >= 0.3 is 0 Å². The standard InChI is InChI=1S/C19H22N2O4S/c1-13-10-14(6-7-17(13)26(20,24)25)12-21-18(22)19(23)9-8-15-4-2-3-5-16(15)11-19/h2-7,10,23H,8-9,11-12H2,1H3,(H,21,22)(H2,20,24,25). The molecule has 0 heterocycles. The molecule has 0 spiro atoms. The van der Waals surface area contributed by atoms with Gasteiger partial charge in [-0.1, -0.05) is 36.4 Å². The number of carbonyl (C=O) groups is 1. The van der Waals surface area contributed by atoms with Crippen molar-refractivity contribution in [1.29, 1.82) is 0 Å². The number of benzene rings is 2. The Labute approximate surface area is 153 Å². The highest BCUT2D eigenvalue weighted by Gasteiger charge is 2.38. The molecule has 0 radical (unpaired) electrons. The molecule has 3 rings (SSSR count). The van der Waals surface area contributed by atoms with Crippen molar-refractivity contribution >= 4 is 15.9 Å². The Kier molecular flexibility index (Phi) is 4.88. The zero-order valence-electron chi connectivity index (χ0n) is 14.5. The maximum Gasteiger partial charge on any atom is 0.252 e. The number of carbonyl (C=O) groups excluding carboxylic acids is 1. The smallest absolute Gasteiger partial charge is 0.252 e. The fraction of sp³-hybridized carbons (Fsp3) is 0.316. The van der Waals surface area contributed by atoms with Crippen molar-refractivity contribution in [3.8, 4) is 0 Å². The molecule has 1 amide bonds. The molecule has 1 atom stereocenters. The Morgan fingerprint density at radius 1 is 1.23 bits per heavy atom. The summed E-state index contributed by atoms with van der Waals surface area (Å²) in [4.78, 5) is 12.6. The lowest BCUT2D eigenvalue weighted by molar-refractivity contribution is -0.141. The van der Waals surface area contributed by atoms with Crippen LogP contribution in [0.1, 0.15) is 28.7 Å². The molecule has 0 bridgehead atoms. The number of hydrogen-bond donors (Lipinski definition) is 3. The zero-order valence-corrected chi connectivity index (χ0v) is 15.3. The highest BCUT2D eigenvalue weighted by molar-refractivity contribution is 7.89. The number of primary sulfonamides is 1. The van der Waals surface area contributed by atoms with Gasteiger partial charge in [-0.15, -0.1) is 0 Å². The van der Waals surface area contributed by atoms with E-state index in [4.69, 9.17) is 5.14 Å². The van der Waals surface area contributed by atoms with E-state index >= 15 is 0 Å². The van der Waals surface area contributed by atoms with E-state index in [1.165, 1.54) is 11.6 Å². The molecule has 7 heteroatoms. The number of fused-ring (bicyclic) bond motifs is 1. The summed E-state index contributed by atoms with van der Waals surface area (Å²) in [6.07, 6.45) is 1.32. The minimum Gasteiger partial charge on any atom is -0.380 e. The molecule has 138 valence electrons. The summed E-state index contributed by atoms with van der Waals surface area (Å²) >= 11 is 0.